The molecule has 15 nitrogen and oxygen atoms in total. The van der Waals surface area contributed by atoms with Crippen LogP contribution in [-0.2, 0) is 5.41 Å². The van der Waals surface area contributed by atoms with Crippen molar-refractivity contribution >= 4 is 23.7 Å². The van der Waals surface area contributed by atoms with Gasteiger partial charge < -0.3 is 46.4 Å². The van der Waals surface area contributed by atoms with Gasteiger partial charge in [0.2, 0.25) is 5.79 Å². The van der Waals surface area contributed by atoms with E-state index in [1.54, 1.807) is 18.2 Å². The molecule has 2 amide bonds. The molecule has 4 aliphatic heterocycles. The molecule has 0 bridgehead atoms. The minimum absolute atomic E-state index is 0.0453. The summed E-state index contributed by atoms with van der Waals surface area (Å²) in [6, 6.07) is 5.47. The molecule has 4 aliphatic rings. The number of aliphatic hydroxyl groups is 2. The molecule has 2 aromatic rings. The largest absolute Gasteiger partial charge is 0.492 e. The Labute approximate surface area is 235 Å². The van der Waals surface area contributed by atoms with E-state index in [1.165, 1.54) is 17.2 Å². The zero-order valence-corrected chi connectivity index (χ0v) is 22.5. The summed E-state index contributed by atoms with van der Waals surface area (Å²) in [6.45, 7) is 4.41. The van der Waals surface area contributed by atoms with Crippen LogP contribution >= 0.6 is 0 Å². The van der Waals surface area contributed by atoms with Crippen LogP contribution in [0.15, 0.2) is 36.5 Å². The second-order valence-electron chi connectivity index (χ2n) is 11.3. The first kappa shape index (κ1) is 26.7. The molecule has 0 radical (unpaired) electrons. The highest BCUT2D eigenvalue weighted by molar-refractivity contribution is 5.98. The van der Waals surface area contributed by atoms with E-state index in [2.05, 4.69) is 50.6 Å². The maximum Gasteiger partial charge on any atom is 0.271 e. The Morgan fingerprint density at radius 2 is 1.98 bits per heavy atom. The van der Waals surface area contributed by atoms with Gasteiger partial charge in [-0.05, 0) is 30.0 Å². The number of benzene rings is 1. The van der Waals surface area contributed by atoms with Gasteiger partial charge in [0.1, 0.15) is 11.8 Å². The number of fused-ring (bicyclic) bond motifs is 1. The topological polar surface area (TPSA) is 221 Å². The molecule has 4 unspecified atom stereocenters. The Balaban J connectivity index is 1.26. The summed E-state index contributed by atoms with van der Waals surface area (Å²) in [5, 5.41) is 61.9. The van der Waals surface area contributed by atoms with Crippen LogP contribution in [0.5, 0.6) is 5.75 Å². The lowest BCUT2D eigenvalue weighted by atomic mass is 9.79. The van der Waals surface area contributed by atoms with Crippen LogP contribution in [0.25, 0.3) is 0 Å². The molecule has 3 fully saturated rings. The number of rotatable bonds is 5. The fourth-order valence-electron chi connectivity index (χ4n) is 6.25. The van der Waals surface area contributed by atoms with E-state index in [0.29, 0.717) is 12.4 Å². The van der Waals surface area contributed by atoms with Crippen molar-refractivity contribution in [3.8, 4) is 5.75 Å². The maximum atomic E-state index is 13.6. The Hall–Kier alpha value is -4.50. The van der Waals surface area contributed by atoms with Crippen LogP contribution in [0.1, 0.15) is 46.7 Å². The van der Waals surface area contributed by atoms with Crippen LogP contribution in [-0.4, -0.2) is 98.3 Å². The van der Waals surface area contributed by atoms with E-state index >= 15 is 0 Å². The minimum Gasteiger partial charge on any atom is -0.492 e. The SMILES string of the molecule is CC1(C)CCOc2c(C(=O)NC3CN4C(=N)NC(CNC(=O)c5cccnn5)C5NC(=N)NC54C3(O)O)cccc21. The minimum atomic E-state index is -2.65. The van der Waals surface area contributed by atoms with Crippen molar-refractivity contribution in [3.05, 3.63) is 53.3 Å². The highest BCUT2D eigenvalue weighted by Crippen LogP contribution is 2.44. The highest BCUT2D eigenvalue weighted by Gasteiger charge is 2.74. The molecular weight excluding hydrogens is 532 g/mol. The monoisotopic (exact) mass is 564 g/mol. The maximum absolute atomic E-state index is 13.6. The van der Waals surface area contributed by atoms with E-state index < -0.39 is 41.4 Å². The zero-order valence-electron chi connectivity index (χ0n) is 22.5. The van der Waals surface area contributed by atoms with E-state index in [9.17, 15) is 19.8 Å². The number of carbonyl (C=O) groups excluding carboxylic acids is 2. The number of guanidine groups is 2. The molecule has 9 N–H and O–H groups in total. The van der Waals surface area contributed by atoms with Crippen LogP contribution in [0.3, 0.4) is 0 Å². The fourth-order valence-corrected chi connectivity index (χ4v) is 6.25. The predicted octanol–water partition coefficient (Wildman–Crippen LogP) is -1.84. The smallest absolute Gasteiger partial charge is 0.271 e. The summed E-state index contributed by atoms with van der Waals surface area (Å²) >= 11 is 0. The average molecular weight is 565 g/mol. The quantitative estimate of drug-likeness (QED) is 0.184. The van der Waals surface area contributed by atoms with Gasteiger partial charge in [-0.1, -0.05) is 26.0 Å². The van der Waals surface area contributed by atoms with Gasteiger partial charge in [-0.3, -0.25) is 20.4 Å². The molecule has 0 saturated carbocycles. The third-order valence-electron chi connectivity index (χ3n) is 8.45. The van der Waals surface area contributed by atoms with Crippen LogP contribution in [0.4, 0.5) is 0 Å². The lowest BCUT2D eigenvalue weighted by Gasteiger charge is -2.51. The molecule has 41 heavy (non-hydrogen) atoms. The number of hydrogen-bond acceptors (Lipinski definition) is 9. The predicted molar refractivity (Wildman–Crippen MR) is 144 cm³/mol. The second-order valence-corrected chi connectivity index (χ2v) is 11.3. The average Bonchev–Trinajstić information content (AvgIpc) is 3.41. The lowest BCUT2D eigenvalue weighted by Crippen LogP contribution is -2.81. The highest BCUT2D eigenvalue weighted by atomic mass is 16.5. The molecule has 1 spiro atoms. The van der Waals surface area contributed by atoms with Crippen molar-refractivity contribution in [3.63, 3.8) is 0 Å². The van der Waals surface area contributed by atoms with Crippen molar-refractivity contribution in [1.82, 2.24) is 41.7 Å². The Morgan fingerprint density at radius 1 is 1.17 bits per heavy atom. The fraction of sp³-hybridized carbons (Fsp3) is 0.462. The molecule has 216 valence electrons. The number of carbonyl (C=O) groups is 2. The summed E-state index contributed by atoms with van der Waals surface area (Å²) < 4.78 is 5.88. The number of amides is 2. The van der Waals surface area contributed by atoms with Crippen molar-refractivity contribution in [2.45, 2.75) is 55.3 Å². The molecule has 5 heterocycles. The molecule has 6 rings (SSSR count). The third kappa shape index (κ3) is 4.02. The van der Waals surface area contributed by atoms with Gasteiger partial charge >= 0.3 is 0 Å². The first-order chi connectivity index (χ1) is 19.5. The van der Waals surface area contributed by atoms with E-state index in [0.717, 1.165) is 12.0 Å². The zero-order chi connectivity index (χ0) is 29.2. The van der Waals surface area contributed by atoms with Gasteiger partial charge in [0, 0.05) is 24.8 Å². The first-order valence-electron chi connectivity index (χ1n) is 13.3. The normalized spacial score (nSPS) is 28.6. The van der Waals surface area contributed by atoms with Crippen molar-refractivity contribution in [2.24, 2.45) is 0 Å². The summed E-state index contributed by atoms with van der Waals surface area (Å²) in [6.07, 6.45) is 2.24. The number of aromatic nitrogens is 2. The van der Waals surface area contributed by atoms with Gasteiger partial charge in [0.25, 0.3) is 11.8 Å². The molecule has 4 atom stereocenters. The number of ether oxygens (including phenoxy) is 1. The third-order valence-corrected chi connectivity index (χ3v) is 8.45. The Morgan fingerprint density at radius 3 is 2.73 bits per heavy atom. The van der Waals surface area contributed by atoms with Crippen molar-refractivity contribution in [2.75, 3.05) is 19.7 Å². The Kier molecular flexibility index (Phi) is 6.04. The first-order valence-corrected chi connectivity index (χ1v) is 13.3. The van der Waals surface area contributed by atoms with Crippen LogP contribution in [0, 0.1) is 10.8 Å². The van der Waals surface area contributed by atoms with Crippen LogP contribution in [0.2, 0.25) is 0 Å². The van der Waals surface area contributed by atoms with Gasteiger partial charge in [-0.2, -0.15) is 5.10 Å². The van der Waals surface area contributed by atoms with Crippen LogP contribution < -0.4 is 31.3 Å². The summed E-state index contributed by atoms with van der Waals surface area (Å²) in [5.74, 6) is -3.62. The Bertz CT molecular complexity index is 1430. The summed E-state index contributed by atoms with van der Waals surface area (Å²) in [4.78, 5) is 27.5. The summed E-state index contributed by atoms with van der Waals surface area (Å²) in [5.41, 5.74) is -0.739. The lowest BCUT2D eigenvalue weighted by molar-refractivity contribution is -0.232. The van der Waals surface area contributed by atoms with Gasteiger partial charge in [-0.15, -0.1) is 5.10 Å². The van der Waals surface area contributed by atoms with E-state index in [-0.39, 0.29) is 41.7 Å². The second kappa shape index (κ2) is 9.27. The van der Waals surface area contributed by atoms with Gasteiger partial charge in [0.05, 0.1) is 24.3 Å². The van der Waals surface area contributed by atoms with Gasteiger partial charge in [-0.25, -0.2) is 0 Å². The standard InChI is InChI=1S/C26H32N10O5/c1-24(2)8-10-41-18-13(5-3-6-14(18)24)20(37)32-17-12-36-23(28)31-16(11-29-21(38)15-7-4-9-30-35-15)19-25(36,26(17,39)40)34-22(27)33-19/h3-7,9,16-17,19,39-40H,8,10-12H2,1-2H3,(H2,28,31)(H,29,38)(H,32,37)(H3,27,33,34). The molecule has 1 aromatic heterocycles. The van der Waals surface area contributed by atoms with Crippen molar-refractivity contribution in [1.29, 1.82) is 10.8 Å². The molecule has 15 heteroatoms. The number of hydrogen-bond donors (Lipinski definition) is 9. The number of nitrogens with one attached hydrogen (secondary N) is 7. The molecular formula is C26H32N10O5. The molecule has 3 saturated heterocycles. The van der Waals surface area contributed by atoms with Gasteiger partial charge in [0.15, 0.2) is 23.3 Å². The number of nitrogens with zero attached hydrogens (tertiary/aromatic N) is 3. The van der Waals surface area contributed by atoms with E-state index in [4.69, 9.17) is 15.6 Å². The number of para-hydroxylation sites is 1. The molecule has 0 aliphatic carbocycles. The molecule has 1 aromatic carbocycles. The summed E-state index contributed by atoms with van der Waals surface area (Å²) in [7, 11) is 0. The van der Waals surface area contributed by atoms with Crippen molar-refractivity contribution < 1.29 is 24.5 Å². The van der Waals surface area contributed by atoms with E-state index in [1.807, 2.05) is 6.07 Å².